The number of nitro groups is 1. The van der Waals surface area contributed by atoms with E-state index in [1.165, 1.54) is 24.3 Å². The monoisotopic (exact) mass is 307 g/mol. The maximum absolute atomic E-state index is 11.5. The van der Waals surface area contributed by atoms with Crippen molar-refractivity contribution in [1.29, 1.82) is 0 Å². The molecule has 2 rings (SSSR count). The predicted molar refractivity (Wildman–Crippen MR) is 81.8 cm³/mol. The lowest BCUT2D eigenvalue weighted by Crippen LogP contribution is -2.17. The number of halogens is 1. The van der Waals surface area contributed by atoms with Gasteiger partial charge in [0, 0.05) is 42.5 Å². The molecule has 2 aromatic rings. The molecule has 0 amide bonds. The van der Waals surface area contributed by atoms with Crippen molar-refractivity contribution < 1.29 is 4.92 Å². The van der Waals surface area contributed by atoms with Crippen molar-refractivity contribution in [2.75, 3.05) is 5.32 Å². The third-order valence-corrected chi connectivity index (χ3v) is 3.42. The molecule has 1 aromatic carbocycles. The zero-order chi connectivity index (χ0) is 15.4. The highest BCUT2D eigenvalue weighted by atomic mass is 35.5. The van der Waals surface area contributed by atoms with E-state index in [2.05, 4.69) is 5.32 Å². The number of aromatic nitrogens is 1. The molecule has 0 atom stereocenters. The topological polar surface area (TPSA) is 77.2 Å². The minimum Gasteiger partial charge on any atom is -0.380 e. The van der Waals surface area contributed by atoms with Crippen molar-refractivity contribution in [2.45, 2.75) is 20.0 Å². The first-order chi connectivity index (χ1) is 10.0. The molecule has 1 heterocycles. The molecule has 6 nitrogen and oxygen atoms in total. The van der Waals surface area contributed by atoms with Gasteiger partial charge in [-0.2, -0.15) is 0 Å². The fourth-order valence-corrected chi connectivity index (χ4v) is 2.07. The van der Waals surface area contributed by atoms with Crippen LogP contribution in [-0.2, 0) is 13.1 Å². The van der Waals surface area contributed by atoms with E-state index < -0.39 is 4.92 Å². The van der Waals surface area contributed by atoms with Gasteiger partial charge in [-0.05, 0) is 24.6 Å². The van der Waals surface area contributed by atoms with Crippen LogP contribution in [0.25, 0.3) is 0 Å². The highest BCUT2D eigenvalue weighted by molar-refractivity contribution is 6.31. The van der Waals surface area contributed by atoms with Gasteiger partial charge in [0.2, 0.25) is 0 Å². The maximum atomic E-state index is 11.5. The van der Waals surface area contributed by atoms with Crippen molar-refractivity contribution >= 4 is 23.0 Å². The van der Waals surface area contributed by atoms with E-state index in [1.807, 2.05) is 6.92 Å². The molecule has 0 aliphatic carbocycles. The SMILES string of the molecule is CCn1cc(NCc2cc([N+](=O)[O-])ccc2Cl)ccc1=O. The van der Waals surface area contributed by atoms with Crippen LogP contribution in [0.15, 0.2) is 41.3 Å². The summed E-state index contributed by atoms with van der Waals surface area (Å²) in [6, 6.07) is 7.44. The fourth-order valence-electron chi connectivity index (χ4n) is 1.89. The van der Waals surface area contributed by atoms with Gasteiger partial charge in [-0.3, -0.25) is 14.9 Å². The largest absolute Gasteiger partial charge is 0.380 e. The number of nitrogens with zero attached hydrogens (tertiary/aromatic N) is 2. The van der Waals surface area contributed by atoms with Gasteiger partial charge in [0.1, 0.15) is 0 Å². The van der Waals surface area contributed by atoms with Gasteiger partial charge in [0.05, 0.1) is 10.6 Å². The smallest absolute Gasteiger partial charge is 0.269 e. The maximum Gasteiger partial charge on any atom is 0.269 e. The molecule has 110 valence electrons. The Morgan fingerprint density at radius 2 is 2.10 bits per heavy atom. The first-order valence-electron chi connectivity index (χ1n) is 6.38. The summed E-state index contributed by atoms with van der Waals surface area (Å²) in [7, 11) is 0. The number of rotatable bonds is 5. The van der Waals surface area contributed by atoms with Crippen LogP contribution < -0.4 is 10.9 Å². The second kappa shape index (κ2) is 6.41. The van der Waals surface area contributed by atoms with Gasteiger partial charge >= 0.3 is 0 Å². The molecule has 0 saturated carbocycles. The number of hydrogen-bond acceptors (Lipinski definition) is 4. The summed E-state index contributed by atoms with van der Waals surface area (Å²) in [6.07, 6.45) is 1.70. The van der Waals surface area contributed by atoms with Gasteiger partial charge in [0.15, 0.2) is 0 Å². The second-order valence-corrected chi connectivity index (χ2v) is 4.84. The predicted octanol–water partition coefficient (Wildman–Crippen LogP) is 3.04. The standard InChI is InChI=1S/C14H14ClN3O3/c1-2-17-9-11(3-6-14(17)19)16-8-10-7-12(18(20)21)4-5-13(10)15/h3-7,9,16H,2,8H2,1H3. The van der Waals surface area contributed by atoms with E-state index in [0.29, 0.717) is 23.7 Å². The Labute approximate surface area is 126 Å². The third kappa shape index (κ3) is 3.61. The number of aryl methyl sites for hydroxylation is 1. The van der Waals surface area contributed by atoms with Crippen LogP contribution in [0.3, 0.4) is 0 Å². The van der Waals surface area contributed by atoms with Crippen molar-refractivity contribution in [3.63, 3.8) is 0 Å². The summed E-state index contributed by atoms with van der Waals surface area (Å²) in [6.45, 7) is 2.79. The van der Waals surface area contributed by atoms with E-state index >= 15 is 0 Å². The van der Waals surface area contributed by atoms with Crippen molar-refractivity contribution in [3.8, 4) is 0 Å². The average molecular weight is 308 g/mol. The Bertz CT molecular complexity index is 728. The molecule has 1 N–H and O–H groups in total. The zero-order valence-corrected chi connectivity index (χ0v) is 12.1. The summed E-state index contributed by atoms with van der Waals surface area (Å²) >= 11 is 6.03. The molecule has 0 radical (unpaired) electrons. The van der Waals surface area contributed by atoms with Crippen LogP contribution in [0.2, 0.25) is 5.02 Å². The van der Waals surface area contributed by atoms with Gasteiger partial charge in [0.25, 0.3) is 11.2 Å². The minimum atomic E-state index is -0.461. The minimum absolute atomic E-state index is 0.00488. The van der Waals surface area contributed by atoms with E-state index in [9.17, 15) is 14.9 Å². The molecular formula is C14H14ClN3O3. The molecule has 1 aromatic heterocycles. The van der Waals surface area contributed by atoms with Gasteiger partial charge in [-0.15, -0.1) is 0 Å². The Balaban J connectivity index is 2.18. The highest BCUT2D eigenvalue weighted by Crippen LogP contribution is 2.22. The van der Waals surface area contributed by atoms with Crippen LogP contribution in [0.4, 0.5) is 11.4 Å². The number of non-ortho nitro benzene ring substituents is 1. The summed E-state index contributed by atoms with van der Waals surface area (Å²) in [5.41, 5.74) is 1.30. The normalized spacial score (nSPS) is 10.4. The Morgan fingerprint density at radius 1 is 1.33 bits per heavy atom. The molecule has 0 spiro atoms. The fraction of sp³-hybridized carbons (Fsp3) is 0.214. The summed E-state index contributed by atoms with van der Waals surface area (Å²) in [5, 5.41) is 14.3. The Hall–Kier alpha value is -2.34. The third-order valence-electron chi connectivity index (χ3n) is 3.05. The summed E-state index contributed by atoms with van der Waals surface area (Å²) in [5.74, 6) is 0. The lowest BCUT2D eigenvalue weighted by molar-refractivity contribution is -0.384. The van der Waals surface area contributed by atoms with Crippen molar-refractivity contribution in [3.05, 3.63) is 67.6 Å². The Morgan fingerprint density at radius 3 is 2.76 bits per heavy atom. The van der Waals surface area contributed by atoms with Crippen LogP contribution in [-0.4, -0.2) is 9.49 Å². The quantitative estimate of drug-likeness (QED) is 0.680. The second-order valence-electron chi connectivity index (χ2n) is 4.43. The molecule has 0 aliphatic heterocycles. The lowest BCUT2D eigenvalue weighted by atomic mass is 10.2. The molecule has 7 heteroatoms. The van der Waals surface area contributed by atoms with Crippen LogP contribution in [0.5, 0.6) is 0 Å². The number of nitrogens with one attached hydrogen (secondary N) is 1. The van der Waals surface area contributed by atoms with E-state index in [-0.39, 0.29) is 11.2 Å². The first-order valence-corrected chi connectivity index (χ1v) is 6.76. The van der Waals surface area contributed by atoms with E-state index in [0.717, 1.165) is 5.69 Å². The van der Waals surface area contributed by atoms with Crippen LogP contribution >= 0.6 is 11.6 Å². The van der Waals surface area contributed by atoms with Gasteiger partial charge < -0.3 is 9.88 Å². The number of anilines is 1. The van der Waals surface area contributed by atoms with Gasteiger partial charge in [-0.25, -0.2) is 0 Å². The van der Waals surface area contributed by atoms with E-state index in [4.69, 9.17) is 11.6 Å². The lowest BCUT2D eigenvalue weighted by Gasteiger charge is -2.10. The number of pyridine rings is 1. The first kappa shape index (κ1) is 15.1. The molecule has 0 bridgehead atoms. The Kier molecular flexibility index (Phi) is 4.59. The average Bonchev–Trinajstić information content (AvgIpc) is 2.47. The van der Waals surface area contributed by atoms with Crippen molar-refractivity contribution in [2.24, 2.45) is 0 Å². The molecule has 0 saturated heterocycles. The number of hydrogen-bond donors (Lipinski definition) is 1. The molecule has 0 unspecified atom stereocenters. The zero-order valence-electron chi connectivity index (χ0n) is 11.4. The van der Waals surface area contributed by atoms with Crippen LogP contribution in [0.1, 0.15) is 12.5 Å². The number of benzene rings is 1. The molecule has 0 fully saturated rings. The van der Waals surface area contributed by atoms with Gasteiger partial charge in [-0.1, -0.05) is 11.6 Å². The van der Waals surface area contributed by atoms with Crippen molar-refractivity contribution in [1.82, 2.24) is 4.57 Å². The molecule has 0 aliphatic rings. The number of nitro benzene ring substituents is 1. The molecular weight excluding hydrogens is 294 g/mol. The summed E-state index contributed by atoms with van der Waals surface area (Å²) in [4.78, 5) is 21.8. The van der Waals surface area contributed by atoms with E-state index in [1.54, 1.807) is 16.8 Å². The summed E-state index contributed by atoms with van der Waals surface area (Å²) < 4.78 is 1.57. The highest BCUT2D eigenvalue weighted by Gasteiger charge is 2.09. The van der Waals surface area contributed by atoms with Crippen LogP contribution in [0, 0.1) is 10.1 Å². The molecule has 21 heavy (non-hydrogen) atoms.